The number of benzene rings is 1. The zero-order chi connectivity index (χ0) is 13.7. The molecule has 0 fully saturated rings. The Morgan fingerprint density at radius 1 is 1.16 bits per heavy atom. The quantitative estimate of drug-likeness (QED) is 0.615. The Bertz CT molecular complexity index is 539. The summed E-state index contributed by atoms with van der Waals surface area (Å²) in [6, 6.07) is 10.8. The molecule has 0 amide bonds. The fourth-order valence-corrected chi connectivity index (χ4v) is 2.68. The number of hydrogen-bond donors (Lipinski definition) is 0. The van der Waals surface area contributed by atoms with Crippen molar-refractivity contribution in [1.82, 2.24) is 0 Å². The van der Waals surface area contributed by atoms with Crippen molar-refractivity contribution in [3.05, 3.63) is 83.0 Å². The van der Waals surface area contributed by atoms with Crippen molar-refractivity contribution in [2.45, 2.75) is 33.1 Å². The Morgan fingerprint density at radius 2 is 1.89 bits per heavy atom. The van der Waals surface area contributed by atoms with Crippen LogP contribution in [0.2, 0.25) is 0 Å². The standard InChI is InChI=1S/C19H22/c1-4-9-16(5-2)18-12-15(3)13-19(14-18)17-10-7-6-8-11-17/h4-13,19H,14H2,1-3H3/b9-4-,16-5-. The Hall–Kier alpha value is -1.82. The molecule has 98 valence electrons. The van der Waals surface area contributed by atoms with Crippen LogP contribution in [0.1, 0.15) is 38.7 Å². The molecule has 2 rings (SSSR count). The van der Waals surface area contributed by atoms with E-state index in [1.165, 1.54) is 22.3 Å². The van der Waals surface area contributed by atoms with Gasteiger partial charge in [0.15, 0.2) is 0 Å². The van der Waals surface area contributed by atoms with Gasteiger partial charge in [0.1, 0.15) is 0 Å². The maximum Gasteiger partial charge on any atom is 0.00643 e. The molecule has 0 saturated carbocycles. The highest BCUT2D eigenvalue weighted by Crippen LogP contribution is 2.34. The summed E-state index contributed by atoms with van der Waals surface area (Å²) in [4.78, 5) is 0. The van der Waals surface area contributed by atoms with Crippen LogP contribution in [-0.4, -0.2) is 0 Å². The van der Waals surface area contributed by atoms with Gasteiger partial charge in [-0.1, -0.05) is 66.3 Å². The Labute approximate surface area is 116 Å². The molecule has 1 aromatic rings. The van der Waals surface area contributed by atoms with Crippen molar-refractivity contribution in [2.24, 2.45) is 0 Å². The van der Waals surface area contributed by atoms with Gasteiger partial charge in [-0.15, -0.1) is 0 Å². The summed E-state index contributed by atoms with van der Waals surface area (Å²) in [6.45, 7) is 6.38. The predicted molar refractivity (Wildman–Crippen MR) is 84.2 cm³/mol. The van der Waals surface area contributed by atoms with Crippen LogP contribution in [0.15, 0.2) is 77.4 Å². The van der Waals surface area contributed by atoms with Crippen molar-refractivity contribution in [1.29, 1.82) is 0 Å². The van der Waals surface area contributed by atoms with Crippen LogP contribution in [0.5, 0.6) is 0 Å². The summed E-state index contributed by atoms with van der Waals surface area (Å²) < 4.78 is 0. The van der Waals surface area contributed by atoms with Crippen molar-refractivity contribution < 1.29 is 0 Å². The number of hydrogen-bond acceptors (Lipinski definition) is 0. The van der Waals surface area contributed by atoms with Crippen molar-refractivity contribution in [3.63, 3.8) is 0 Å². The Morgan fingerprint density at radius 3 is 2.53 bits per heavy atom. The van der Waals surface area contributed by atoms with Crippen molar-refractivity contribution in [3.8, 4) is 0 Å². The van der Waals surface area contributed by atoms with E-state index < -0.39 is 0 Å². The molecule has 0 saturated heterocycles. The van der Waals surface area contributed by atoms with E-state index in [-0.39, 0.29) is 0 Å². The van der Waals surface area contributed by atoms with Crippen LogP contribution >= 0.6 is 0 Å². The first-order valence-corrected chi connectivity index (χ1v) is 6.98. The molecule has 0 heterocycles. The summed E-state index contributed by atoms with van der Waals surface area (Å²) in [5, 5.41) is 0. The van der Waals surface area contributed by atoms with E-state index in [9.17, 15) is 0 Å². The summed E-state index contributed by atoms with van der Waals surface area (Å²) >= 11 is 0. The third-order valence-electron chi connectivity index (χ3n) is 3.56. The second-order valence-corrected chi connectivity index (χ2v) is 5.05. The predicted octanol–water partition coefficient (Wildman–Crippen LogP) is 5.57. The molecule has 0 aromatic heterocycles. The first kappa shape index (κ1) is 13.6. The van der Waals surface area contributed by atoms with E-state index in [2.05, 4.69) is 81.5 Å². The molecule has 19 heavy (non-hydrogen) atoms. The van der Waals surface area contributed by atoms with Gasteiger partial charge < -0.3 is 0 Å². The van der Waals surface area contributed by atoms with E-state index in [0.717, 1.165) is 6.42 Å². The molecule has 0 N–H and O–H groups in total. The minimum absolute atomic E-state index is 0.501. The van der Waals surface area contributed by atoms with E-state index in [0.29, 0.717) is 5.92 Å². The highest BCUT2D eigenvalue weighted by molar-refractivity contribution is 5.48. The molecule has 1 unspecified atom stereocenters. The SMILES string of the molecule is C/C=C\C(=C\C)C1=CC(C)=CC(c2ccccc2)C1. The molecule has 1 aliphatic carbocycles. The average Bonchev–Trinajstić information content (AvgIpc) is 2.45. The van der Waals surface area contributed by atoms with E-state index in [4.69, 9.17) is 0 Å². The lowest BCUT2D eigenvalue weighted by Gasteiger charge is -2.22. The average molecular weight is 250 g/mol. The minimum Gasteiger partial charge on any atom is -0.0871 e. The van der Waals surface area contributed by atoms with Crippen LogP contribution in [0, 0.1) is 0 Å². The largest absolute Gasteiger partial charge is 0.0871 e. The highest BCUT2D eigenvalue weighted by atomic mass is 14.2. The zero-order valence-corrected chi connectivity index (χ0v) is 12.1. The van der Waals surface area contributed by atoms with Gasteiger partial charge in [0.25, 0.3) is 0 Å². The molecule has 1 aliphatic rings. The summed E-state index contributed by atoms with van der Waals surface area (Å²) in [5.41, 5.74) is 5.55. The van der Waals surface area contributed by atoms with Gasteiger partial charge >= 0.3 is 0 Å². The number of rotatable bonds is 3. The van der Waals surface area contributed by atoms with Gasteiger partial charge in [-0.05, 0) is 43.9 Å². The molecule has 0 radical (unpaired) electrons. The zero-order valence-electron chi connectivity index (χ0n) is 12.1. The summed E-state index contributed by atoms with van der Waals surface area (Å²) in [6.07, 6.45) is 12.3. The van der Waals surface area contributed by atoms with Crippen LogP contribution in [0.4, 0.5) is 0 Å². The van der Waals surface area contributed by atoms with Crippen LogP contribution in [0.25, 0.3) is 0 Å². The minimum atomic E-state index is 0.501. The van der Waals surface area contributed by atoms with Crippen LogP contribution in [-0.2, 0) is 0 Å². The summed E-state index contributed by atoms with van der Waals surface area (Å²) in [7, 11) is 0. The molecular formula is C19H22. The first-order valence-electron chi connectivity index (χ1n) is 6.98. The summed E-state index contributed by atoms with van der Waals surface area (Å²) in [5.74, 6) is 0.501. The van der Waals surface area contributed by atoms with E-state index >= 15 is 0 Å². The normalized spacial score (nSPS) is 20.4. The molecule has 0 spiro atoms. The molecule has 0 nitrogen and oxygen atoms in total. The first-order chi connectivity index (χ1) is 9.24. The molecular weight excluding hydrogens is 228 g/mol. The van der Waals surface area contributed by atoms with Gasteiger partial charge in [0.05, 0.1) is 0 Å². The van der Waals surface area contributed by atoms with Gasteiger partial charge in [0.2, 0.25) is 0 Å². The van der Waals surface area contributed by atoms with Crippen molar-refractivity contribution >= 4 is 0 Å². The topological polar surface area (TPSA) is 0 Å². The molecule has 1 aromatic carbocycles. The lowest BCUT2D eigenvalue weighted by Crippen LogP contribution is -2.04. The van der Waals surface area contributed by atoms with Crippen LogP contribution < -0.4 is 0 Å². The second kappa shape index (κ2) is 6.38. The highest BCUT2D eigenvalue weighted by Gasteiger charge is 2.16. The van der Waals surface area contributed by atoms with Crippen molar-refractivity contribution in [2.75, 3.05) is 0 Å². The van der Waals surface area contributed by atoms with Gasteiger partial charge in [-0.25, -0.2) is 0 Å². The second-order valence-electron chi connectivity index (χ2n) is 5.05. The molecule has 0 aliphatic heterocycles. The van der Waals surface area contributed by atoms with Gasteiger partial charge in [-0.2, -0.15) is 0 Å². The lowest BCUT2D eigenvalue weighted by atomic mass is 9.83. The monoisotopic (exact) mass is 250 g/mol. The maximum atomic E-state index is 2.38. The van der Waals surface area contributed by atoms with E-state index in [1.54, 1.807) is 0 Å². The van der Waals surface area contributed by atoms with Gasteiger partial charge in [-0.3, -0.25) is 0 Å². The van der Waals surface area contributed by atoms with Gasteiger partial charge in [0, 0.05) is 5.92 Å². The van der Waals surface area contributed by atoms with Crippen LogP contribution in [0.3, 0.4) is 0 Å². The Balaban J connectivity index is 2.29. The molecule has 0 heteroatoms. The van der Waals surface area contributed by atoms with E-state index in [1.807, 2.05) is 0 Å². The smallest absolute Gasteiger partial charge is 0.00643 e. The third kappa shape index (κ3) is 3.35. The fourth-order valence-electron chi connectivity index (χ4n) is 2.68. The Kier molecular flexibility index (Phi) is 4.57. The lowest BCUT2D eigenvalue weighted by molar-refractivity contribution is 0.812. The third-order valence-corrected chi connectivity index (χ3v) is 3.56. The maximum absolute atomic E-state index is 2.38. The number of allylic oxidation sites excluding steroid dienone is 8. The fraction of sp³-hybridized carbons (Fsp3) is 0.263. The molecule has 1 atom stereocenters. The molecule has 0 bridgehead atoms.